The van der Waals surface area contributed by atoms with Crippen molar-refractivity contribution in [3.05, 3.63) is 0 Å². The Morgan fingerprint density at radius 1 is 1.64 bits per heavy atom. The second-order valence-corrected chi connectivity index (χ2v) is 2.96. The first-order valence-electron chi connectivity index (χ1n) is 3.71. The van der Waals surface area contributed by atoms with E-state index in [0.717, 1.165) is 12.2 Å². The van der Waals surface area contributed by atoms with Crippen molar-refractivity contribution in [2.24, 2.45) is 0 Å². The highest BCUT2D eigenvalue weighted by Crippen LogP contribution is 1.87. The number of alkyl carbamates (subject to hydrolysis) is 1. The zero-order chi connectivity index (χ0) is 8.69. The standard InChI is InChI=1S/C7H15NO2S/c1-6(2)8-7(9)10-4-3-5-11/h6,11H,3-5H2,1-2H3,(H,8,9). The van der Waals surface area contributed by atoms with Gasteiger partial charge >= 0.3 is 6.09 Å². The van der Waals surface area contributed by atoms with Crippen LogP contribution >= 0.6 is 12.6 Å². The van der Waals surface area contributed by atoms with E-state index in [1.54, 1.807) is 0 Å². The van der Waals surface area contributed by atoms with Gasteiger partial charge in [-0.2, -0.15) is 12.6 Å². The maximum atomic E-state index is 10.8. The van der Waals surface area contributed by atoms with Gasteiger partial charge in [0.2, 0.25) is 0 Å². The summed E-state index contributed by atoms with van der Waals surface area (Å²) >= 11 is 3.98. The first-order valence-corrected chi connectivity index (χ1v) is 4.34. The number of hydrogen-bond acceptors (Lipinski definition) is 3. The number of carbonyl (C=O) groups excluding carboxylic acids is 1. The molecule has 1 amide bonds. The Bertz CT molecular complexity index is 117. The molecule has 0 unspecified atom stereocenters. The predicted octanol–water partition coefficient (Wildman–Crippen LogP) is 1.44. The van der Waals surface area contributed by atoms with Crippen LogP contribution < -0.4 is 5.32 Å². The summed E-state index contributed by atoms with van der Waals surface area (Å²) in [5.41, 5.74) is 0. The first-order chi connectivity index (χ1) is 5.16. The van der Waals surface area contributed by atoms with Crippen molar-refractivity contribution in [3.8, 4) is 0 Å². The van der Waals surface area contributed by atoms with Crippen molar-refractivity contribution in [1.29, 1.82) is 0 Å². The van der Waals surface area contributed by atoms with E-state index in [2.05, 4.69) is 17.9 Å². The van der Waals surface area contributed by atoms with E-state index in [-0.39, 0.29) is 12.1 Å². The number of carbonyl (C=O) groups is 1. The highest BCUT2D eigenvalue weighted by molar-refractivity contribution is 7.80. The summed E-state index contributed by atoms with van der Waals surface area (Å²) < 4.78 is 4.79. The van der Waals surface area contributed by atoms with Gasteiger partial charge in [-0.15, -0.1) is 0 Å². The van der Waals surface area contributed by atoms with Gasteiger partial charge in [0.15, 0.2) is 0 Å². The fourth-order valence-corrected chi connectivity index (χ4v) is 0.636. The Hall–Kier alpha value is -0.380. The molecular weight excluding hydrogens is 162 g/mol. The average Bonchev–Trinajstić information content (AvgIpc) is 1.86. The summed E-state index contributed by atoms with van der Waals surface area (Å²) in [6.07, 6.45) is 0.455. The van der Waals surface area contributed by atoms with Crippen LogP contribution in [-0.2, 0) is 4.74 Å². The third-order valence-electron chi connectivity index (χ3n) is 0.942. The summed E-state index contributed by atoms with van der Waals surface area (Å²) in [4.78, 5) is 10.8. The number of thiol groups is 1. The Labute approximate surface area is 72.9 Å². The molecule has 0 aliphatic heterocycles. The Balaban J connectivity index is 3.23. The van der Waals surface area contributed by atoms with Crippen LogP contribution in [0.25, 0.3) is 0 Å². The molecule has 0 rings (SSSR count). The Morgan fingerprint density at radius 2 is 2.27 bits per heavy atom. The van der Waals surface area contributed by atoms with Gasteiger partial charge < -0.3 is 10.1 Å². The van der Waals surface area contributed by atoms with Crippen LogP contribution in [0.15, 0.2) is 0 Å². The third kappa shape index (κ3) is 7.52. The zero-order valence-corrected chi connectivity index (χ0v) is 7.86. The fourth-order valence-electron chi connectivity index (χ4n) is 0.507. The molecule has 11 heavy (non-hydrogen) atoms. The lowest BCUT2D eigenvalue weighted by Crippen LogP contribution is -2.30. The molecule has 0 atom stereocenters. The van der Waals surface area contributed by atoms with Crippen molar-refractivity contribution in [3.63, 3.8) is 0 Å². The molecule has 66 valence electrons. The van der Waals surface area contributed by atoms with Crippen molar-refractivity contribution >= 4 is 18.7 Å². The topological polar surface area (TPSA) is 38.3 Å². The van der Waals surface area contributed by atoms with Crippen LogP contribution in [0, 0.1) is 0 Å². The van der Waals surface area contributed by atoms with Gasteiger partial charge in [0.1, 0.15) is 0 Å². The van der Waals surface area contributed by atoms with Crippen molar-refractivity contribution in [2.75, 3.05) is 12.4 Å². The minimum Gasteiger partial charge on any atom is -0.450 e. The zero-order valence-electron chi connectivity index (χ0n) is 6.96. The highest BCUT2D eigenvalue weighted by atomic mass is 32.1. The van der Waals surface area contributed by atoms with Crippen molar-refractivity contribution < 1.29 is 9.53 Å². The molecule has 1 N–H and O–H groups in total. The summed E-state index contributed by atoms with van der Waals surface area (Å²) in [6, 6.07) is 0.138. The van der Waals surface area contributed by atoms with Gasteiger partial charge in [0, 0.05) is 6.04 Å². The van der Waals surface area contributed by atoms with Crippen LogP contribution in [0.2, 0.25) is 0 Å². The Morgan fingerprint density at radius 3 is 2.73 bits per heavy atom. The van der Waals surface area contributed by atoms with Crippen LogP contribution in [0.1, 0.15) is 20.3 Å². The molecule has 0 fully saturated rings. The van der Waals surface area contributed by atoms with E-state index in [1.165, 1.54) is 0 Å². The van der Waals surface area contributed by atoms with Crippen molar-refractivity contribution in [2.45, 2.75) is 26.3 Å². The quantitative estimate of drug-likeness (QED) is 0.504. The summed E-state index contributed by atoms with van der Waals surface area (Å²) in [7, 11) is 0. The smallest absolute Gasteiger partial charge is 0.407 e. The third-order valence-corrected chi connectivity index (χ3v) is 1.26. The second-order valence-electron chi connectivity index (χ2n) is 2.51. The molecule has 0 radical (unpaired) electrons. The molecule has 0 aromatic heterocycles. The Kier molecular flexibility index (Phi) is 6.12. The molecule has 0 aromatic carbocycles. The summed E-state index contributed by atoms with van der Waals surface area (Å²) in [6.45, 7) is 4.22. The molecule has 3 nitrogen and oxygen atoms in total. The maximum absolute atomic E-state index is 10.8. The van der Waals surface area contributed by atoms with Gasteiger partial charge in [-0.05, 0) is 26.0 Å². The molecule has 0 heterocycles. The van der Waals surface area contributed by atoms with Crippen LogP contribution in [-0.4, -0.2) is 24.5 Å². The second kappa shape index (κ2) is 6.34. The number of nitrogens with one attached hydrogen (secondary N) is 1. The van der Waals surface area contributed by atoms with Crippen LogP contribution in [0.4, 0.5) is 4.79 Å². The number of amides is 1. The molecular formula is C7H15NO2S. The SMILES string of the molecule is CC(C)NC(=O)OCCCS. The monoisotopic (exact) mass is 177 g/mol. The largest absolute Gasteiger partial charge is 0.450 e. The first kappa shape index (κ1) is 10.6. The lowest BCUT2D eigenvalue weighted by atomic mass is 10.4. The lowest BCUT2D eigenvalue weighted by molar-refractivity contribution is 0.144. The normalized spacial score (nSPS) is 9.82. The van der Waals surface area contributed by atoms with Gasteiger partial charge in [-0.1, -0.05) is 0 Å². The molecule has 0 saturated heterocycles. The lowest BCUT2D eigenvalue weighted by Gasteiger charge is -2.08. The van der Waals surface area contributed by atoms with Gasteiger partial charge in [0.05, 0.1) is 6.61 Å². The van der Waals surface area contributed by atoms with Crippen molar-refractivity contribution in [1.82, 2.24) is 5.32 Å². The molecule has 0 aromatic rings. The van der Waals surface area contributed by atoms with Crippen LogP contribution in [0.5, 0.6) is 0 Å². The van der Waals surface area contributed by atoms with E-state index in [0.29, 0.717) is 6.61 Å². The van der Waals surface area contributed by atoms with E-state index in [4.69, 9.17) is 4.74 Å². The van der Waals surface area contributed by atoms with Gasteiger partial charge in [-0.25, -0.2) is 4.79 Å². The molecule has 0 bridgehead atoms. The molecule has 0 saturated carbocycles. The van der Waals surface area contributed by atoms with Gasteiger partial charge in [-0.3, -0.25) is 0 Å². The van der Waals surface area contributed by atoms with E-state index in [1.807, 2.05) is 13.8 Å². The van der Waals surface area contributed by atoms with Gasteiger partial charge in [0.25, 0.3) is 0 Å². The molecule has 0 aliphatic rings. The van der Waals surface area contributed by atoms with E-state index in [9.17, 15) is 4.79 Å². The minimum absolute atomic E-state index is 0.138. The van der Waals surface area contributed by atoms with Crippen LogP contribution in [0.3, 0.4) is 0 Å². The molecule has 0 spiro atoms. The average molecular weight is 177 g/mol. The fraction of sp³-hybridized carbons (Fsp3) is 0.857. The number of rotatable bonds is 4. The molecule has 4 heteroatoms. The highest BCUT2D eigenvalue weighted by Gasteiger charge is 2.01. The molecule has 0 aliphatic carbocycles. The van der Waals surface area contributed by atoms with E-state index < -0.39 is 0 Å². The summed E-state index contributed by atoms with van der Waals surface area (Å²) in [5, 5.41) is 2.62. The summed E-state index contributed by atoms with van der Waals surface area (Å²) in [5.74, 6) is 0.745. The minimum atomic E-state index is -0.346. The predicted molar refractivity (Wildman–Crippen MR) is 48.1 cm³/mol. The maximum Gasteiger partial charge on any atom is 0.407 e. The number of ether oxygens (including phenoxy) is 1. The number of hydrogen-bond donors (Lipinski definition) is 2. The van der Waals surface area contributed by atoms with E-state index >= 15 is 0 Å².